The number of esters is 1. The Hall–Kier alpha value is -2.33. The molecule has 0 radical (unpaired) electrons. The van der Waals surface area contributed by atoms with Gasteiger partial charge < -0.3 is 14.4 Å². The molecule has 2 aromatic rings. The molecule has 4 nitrogen and oxygen atoms in total. The maximum Gasteiger partial charge on any atom is 0.347 e. The van der Waals surface area contributed by atoms with Gasteiger partial charge in [0.25, 0.3) is 0 Å². The van der Waals surface area contributed by atoms with Gasteiger partial charge in [0.1, 0.15) is 11.9 Å². The fraction of sp³-hybridized carbons (Fsp3) is 0.435. The van der Waals surface area contributed by atoms with E-state index in [4.69, 9.17) is 9.47 Å². The van der Waals surface area contributed by atoms with Crippen molar-refractivity contribution in [3.63, 3.8) is 0 Å². The van der Waals surface area contributed by atoms with Gasteiger partial charge in [0.05, 0.1) is 0 Å². The summed E-state index contributed by atoms with van der Waals surface area (Å²) in [6.45, 7) is 1.76. The Balaban J connectivity index is 1.32. The van der Waals surface area contributed by atoms with E-state index in [1.54, 1.807) is 6.92 Å². The minimum absolute atomic E-state index is 0.0257. The Morgan fingerprint density at radius 1 is 0.963 bits per heavy atom. The maximum atomic E-state index is 12.5. The molecule has 2 aliphatic heterocycles. The third kappa shape index (κ3) is 4.01. The molecule has 4 heteroatoms. The summed E-state index contributed by atoms with van der Waals surface area (Å²) in [4.78, 5) is 14.9. The zero-order chi connectivity index (χ0) is 18.8. The second-order valence-corrected chi connectivity index (χ2v) is 7.73. The molecule has 0 spiro atoms. The van der Waals surface area contributed by atoms with Crippen LogP contribution in [0, 0.1) is 0 Å². The van der Waals surface area contributed by atoms with Gasteiger partial charge in [0.15, 0.2) is 6.10 Å². The van der Waals surface area contributed by atoms with Crippen LogP contribution in [0.25, 0.3) is 11.1 Å². The molecule has 2 bridgehead atoms. The third-order valence-corrected chi connectivity index (χ3v) is 5.94. The molecule has 2 saturated heterocycles. The standard InChI is InChI=1S/C23H27NO3/c1-16(23(25)27-22-14-19-10-11-20(15-22)24(19)2)26-21-12-8-18(9-13-21)17-6-4-3-5-7-17/h3-9,12-13,16,19-20,22H,10-11,14-15H2,1-2H3/t16?,19-,20+,22?. The number of benzene rings is 2. The van der Waals surface area contributed by atoms with Crippen molar-refractivity contribution in [3.05, 3.63) is 54.6 Å². The molecule has 2 fully saturated rings. The highest BCUT2D eigenvalue weighted by Crippen LogP contribution is 2.35. The van der Waals surface area contributed by atoms with E-state index in [-0.39, 0.29) is 12.1 Å². The summed E-state index contributed by atoms with van der Waals surface area (Å²) in [5.41, 5.74) is 2.29. The normalized spacial score (nSPS) is 25.8. The predicted molar refractivity (Wildman–Crippen MR) is 106 cm³/mol. The largest absolute Gasteiger partial charge is 0.479 e. The molecule has 0 amide bonds. The van der Waals surface area contributed by atoms with E-state index in [0.29, 0.717) is 17.8 Å². The minimum atomic E-state index is -0.607. The van der Waals surface area contributed by atoms with Crippen LogP contribution in [0.5, 0.6) is 5.75 Å². The highest BCUT2D eigenvalue weighted by atomic mass is 16.6. The molecular formula is C23H27NO3. The quantitative estimate of drug-likeness (QED) is 0.741. The molecule has 0 N–H and O–H groups in total. The lowest BCUT2D eigenvalue weighted by molar-refractivity contribution is -0.159. The van der Waals surface area contributed by atoms with Crippen molar-refractivity contribution in [2.75, 3.05) is 7.05 Å². The Labute approximate surface area is 161 Å². The highest BCUT2D eigenvalue weighted by molar-refractivity contribution is 5.75. The lowest BCUT2D eigenvalue weighted by atomic mass is 10.0. The SMILES string of the molecule is CC(Oc1ccc(-c2ccccc2)cc1)C(=O)OC1C[C@H]2CC[C@@H](C1)N2C. The number of carbonyl (C=O) groups excluding carboxylic acids is 1. The van der Waals surface area contributed by atoms with E-state index < -0.39 is 6.10 Å². The van der Waals surface area contributed by atoms with Crippen LogP contribution < -0.4 is 4.74 Å². The molecule has 0 aromatic heterocycles. The van der Waals surface area contributed by atoms with Crippen LogP contribution >= 0.6 is 0 Å². The van der Waals surface area contributed by atoms with Crippen molar-refractivity contribution in [2.45, 2.75) is 56.9 Å². The van der Waals surface area contributed by atoms with E-state index in [0.717, 1.165) is 24.0 Å². The molecule has 2 unspecified atom stereocenters. The number of rotatable bonds is 5. The van der Waals surface area contributed by atoms with Gasteiger partial charge in [-0.3, -0.25) is 0 Å². The Bertz CT molecular complexity index is 760. The van der Waals surface area contributed by atoms with Gasteiger partial charge in [0, 0.05) is 12.1 Å². The van der Waals surface area contributed by atoms with Crippen molar-refractivity contribution in [1.29, 1.82) is 0 Å². The summed E-state index contributed by atoms with van der Waals surface area (Å²) < 4.78 is 11.6. The first kappa shape index (κ1) is 18.1. The summed E-state index contributed by atoms with van der Waals surface area (Å²) in [5.74, 6) is 0.415. The summed E-state index contributed by atoms with van der Waals surface area (Å²) >= 11 is 0. The first-order valence-electron chi connectivity index (χ1n) is 9.84. The topological polar surface area (TPSA) is 38.8 Å². The second kappa shape index (κ2) is 7.73. The molecule has 4 atom stereocenters. The van der Waals surface area contributed by atoms with Gasteiger partial charge in [-0.1, -0.05) is 42.5 Å². The van der Waals surface area contributed by atoms with E-state index in [1.807, 2.05) is 42.5 Å². The fourth-order valence-corrected chi connectivity index (χ4v) is 4.33. The Morgan fingerprint density at radius 2 is 1.56 bits per heavy atom. The lowest BCUT2D eigenvalue weighted by Crippen LogP contribution is -2.44. The minimum Gasteiger partial charge on any atom is -0.479 e. The number of carbonyl (C=O) groups is 1. The zero-order valence-corrected chi connectivity index (χ0v) is 16.0. The van der Waals surface area contributed by atoms with Crippen LogP contribution in [0.2, 0.25) is 0 Å². The van der Waals surface area contributed by atoms with E-state index in [9.17, 15) is 4.79 Å². The number of nitrogens with zero attached hydrogens (tertiary/aromatic N) is 1. The number of hydrogen-bond acceptors (Lipinski definition) is 4. The second-order valence-electron chi connectivity index (χ2n) is 7.73. The van der Waals surface area contributed by atoms with E-state index >= 15 is 0 Å². The molecule has 4 rings (SSSR count). The molecule has 0 saturated carbocycles. The summed E-state index contributed by atoms with van der Waals surface area (Å²) in [6.07, 6.45) is 3.74. The van der Waals surface area contributed by atoms with Crippen LogP contribution in [-0.2, 0) is 9.53 Å². The van der Waals surface area contributed by atoms with Crippen molar-refractivity contribution in [2.24, 2.45) is 0 Å². The van der Waals surface area contributed by atoms with Crippen LogP contribution in [0.1, 0.15) is 32.6 Å². The van der Waals surface area contributed by atoms with Crippen LogP contribution in [0.4, 0.5) is 0 Å². The maximum absolute atomic E-state index is 12.5. The molecule has 27 heavy (non-hydrogen) atoms. The van der Waals surface area contributed by atoms with E-state index in [1.165, 1.54) is 12.8 Å². The molecule has 2 aromatic carbocycles. The smallest absolute Gasteiger partial charge is 0.347 e. The van der Waals surface area contributed by atoms with Gasteiger partial charge in [-0.2, -0.15) is 0 Å². The summed E-state index contributed by atoms with van der Waals surface area (Å²) in [5, 5.41) is 0. The first-order chi connectivity index (χ1) is 13.1. The average molecular weight is 365 g/mol. The van der Waals surface area contributed by atoms with Crippen molar-refractivity contribution < 1.29 is 14.3 Å². The summed E-state index contributed by atoms with van der Waals surface area (Å²) in [7, 11) is 2.19. The van der Waals surface area contributed by atoms with Crippen LogP contribution in [0.3, 0.4) is 0 Å². The van der Waals surface area contributed by atoms with Crippen molar-refractivity contribution in [3.8, 4) is 16.9 Å². The van der Waals surface area contributed by atoms with Crippen molar-refractivity contribution in [1.82, 2.24) is 4.90 Å². The molecule has 0 aliphatic carbocycles. The van der Waals surface area contributed by atoms with Gasteiger partial charge in [-0.15, -0.1) is 0 Å². The third-order valence-electron chi connectivity index (χ3n) is 5.94. The number of ether oxygens (including phenoxy) is 2. The summed E-state index contributed by atoms with van der Waals surface area (Å²) in [6, 6.07) is 19.1. The van der Waals surface area contributed by atoms with Crippen LogP contribution in [0.15, 0.2) is 54.6 Å². The predicted octanol–water partition coefficient (Wildman–Crippen LogP) is 4.29. The molecule has 142 valence electrons. The van der Waals surface area contributed by atoms with Gasteiger partial charge in [0.2, 0.25) is 0 Å². The zero-order valence-electron chi connectivity index (χ0n) is 16.0. The number of hydrogen-bond donors (Lipinski definition) is 0. The Kier molecular flexibility index (Phi) is 5.17. The molecular weight excluding hydrogens is 338 g/mol. The number of fused-ring (bicyclic) bond motifs is 2. The molecule has 2 aliphatic rings. The van der Waals surface area contributed by atoms with Gasteiger partial charge in [-0.25, -0.2) is 4.79 Å². The molecule has 2 heterocycles. The Morgan fingerprint density at radius 3 is 2.19 bits per heavy atom. The monoisotopic (exact) mass is 365 g/mol. The van der Waals surface area contributed by atoms with E-state index in [2.05, 4.69) is 24.1 Å². The van der Waals surface area contributed by atoms with Gasteiger partial charge in [-0.05, 0) is 62.9 Å². The van der Waals surface area contributed by atoms with Crippen molar-refractivity contribution >= 4 is 5.97 Å². The lowest BCUT2D eigenvalue weighted by Gasteiger charge is -2.36. The fourth-order valence-electron chi connectivity index (χ4n) is 4.33. The first-order valence-corrected chi connectivity index (χ1v) is 9.84. The van der Waals surface area contributed by atoms with Gasteiger partial charge >= 0.3 is 5.97 Å². The van der Waals surface area contributed by atoms with Crippen LogP contribution in [-0.4, -0.2) is 42.2 Å². The average Bonchev–Trinajstić information content (AvgIpc) is 2.90. The number of piperidine rings is 1. The highest BCUT2D eigenvalue weighted by Gasteiger charge is 2.40.